The van der Waals surface area contributed by atoms with E-state index >= 15 is 0 Å². The number of hydrogen-bond acceptors (Lipinski definition) is 7. The number of nitrogens with one attached hydrogen (secondary N) is 3. The Morgan fingerprint density at radius 2 is 2.00 bits per heavy atom. The van der Waals surface area contributed by atoms with Gasteiger partial charge < -0.3 is 29.8 Å². The molecule has 3 aromatic heterocycles. The second-order valence-corrected chi connectivity index (χ2v) is 9.24. The summed E-state index contributed by atoms with van der Waals surface area (Å²) in [6.07, 6.45) is 7.94. The number of rotatable bonds is 10. The summed E-state index contributed by atoms with van der Waals surface area (Å²) < 4.78 is 6.04. The van der Waals surface area contributed by atoms with Crippen LogP contribution in [0.15, 0.2) is 53.1 Å². The van der Waals surface area contributed by atoms with E-state index in [4.69, 9.17) is 0 Å². The van der Waals surface area contributed by atoms with E-state index < -0.39 is 23.6 Å². The summed E-state index contributed by atoms with van der Waals surface area (Å²) in [6.45, 7) is 4.09. The Balaban J connectivity index is 1.77. The average molecular weight is 536 g/mol. The van der Waals surface area contributed by atoms with Crippen molar-refractivity contribution < 1.29 is 19.1 Å². The Labute approximate surface area is 225 Å². The van der Waals surface area contributed by atoms with Gasteiger partial charge in [-0.1, -0.05) is 11.6 Å². The molecule has 12 nitrogen and oxygen atoms in total. The third-order valence-corrected chi connectivity index (χ3v) is 5.62. The summed E-state index contributed by atoms with van der Waals surface area (Å²) in [5.74, 6) is -0.240. The first-order valence-electron chi connectivity index (χ1n) is 12.3. The van der Waals surface area contributed by atoms with Crippen molar-refractivity contribution >= 4 is 40.7 Å². The zero-order chi connectivity index (χ0) is 28.5. The molecule has 0 aliphatic heterocycles. The third-order valence-electron chi connectivity index (χ3n) is 5.62. The molecule has 3 heterocycles. The molecule has 3 N–H and O–H groups in total. The number of amides is 3. The smallest absolute Gasteiger partial charge is 0.407 e. The van der Waals surface area contributed by atoms with Gasteiger partial charge in [0.05, 0.1) is 24.9 Å². The zero-order valence-corrected chi connectivity index (χ0v) is 22.6. The number of fused-ring (bicyclic) bond motifs is 1. The van der Waals surface area contributed by atoms with Crippen molar-refractivity contribution in [3.05, 3.63) is 70.2 Å². The molecule has 206 valence electrons. The molecule has 0 spiro atoms. The van der Waals surface area contributed by atoms with E-state index in [-0.39, 0.29) is 24.6 Å². The number of methoxy groups -OCH3 is 1. The van der Waals surface area contributed by atoms with E-state index in [1.165, 1.54) is 28.7 Å². The van der Waals surface area contributed by atoms with Crippen molar-refractivity contribution in [3.8, 4) is 0 Å². The van der Waals surface area contributed by atoms with Crippen LogP contribution in [0.3, 0.4) is 0 Å². The molecule has 1 atom stereocenters. The normalized spacial score (nSPS) is 11.7. The summed E-state index contributed by atoms with van der Waals surface area (Å²) in [5, 5.41) is 5.07. The topological polar surface area (TPSA) is 151 Å². The van der Waals surface area contributed by atoms with Crippen LogP contribution >= 0.6 is 0 Å². The van der Waals surface area contributed by atoms with Crippen molar-refractivity contribution in [1.29, 1.82) is 0 Å². The fourth-order valence-electron chi connectivity index (χ4n) is 3.66. The van der Waals surface area contributed by atoms with Crippen LogP contribution in [0.25, 0.3) is 17.1 Å². The number of carbonyl (C=O) groups is 3. The Kier molecular flexibility index (Phi) is 9.74. The van der Waals surface area contributed by atoms with Gasteiger partial charge in [0.25, 0.3) is 5.56 Å². The maximum atomic E-state index is 13.2. The maximum Gasteiger partial charge on any atom is 0.407 e. The fraction of sp³-hybridized carbons (Fsp3) is 0.333. The van der Waals surface area contributed by atoms with Crippen LogP contribution in [-0.2, 0) is 20.9 Å². The minimum absolute atomic E-state index is 0.0421. The Bertz CT molecular complexity index is 1460. The number of likely N-dealkylation sites (N-methyl/N-ethyl adjacent to an activating group) is 1. The first-order valence-corrected chi connectivity index (χ1v) is 12.3. The highest BCUT2D eigenvalue weighted by atomic mass is 16.5. The van der Waals surface area contributed by atoms with Crippen LogP contribution in [0.2, 0.25) is 0 Å². The number of aromatic nitrogens is 4. The van der Waals surface area contributed by atoms with Gasteiger partial charge in [0.2, 0.25) is 11.8 Å². The maximum absolute atomic E-state index is 13.2. The third kappa shape index (κ3) is 7.87. The quantitative estimate of drug-likeness (QED) is 0.338. The molecule has 3 rings (SSSR count). The van der Waals surface area contributed by atoms with E-state index in [0.29, 0.717) is 17.8 Å². The average Bonchev–Trinajstić information content (AvgIpc) is 3.31. The number of aromatic amines is 1. The van der Waals surface area contributed by atoms with Gasteiger partial charge >= 0.3 is 6.09 Å². The Hall–Kier alpha value is -4.74. The number of carbonyl (C=O) groups excluding carboxylic acids is 3. The van der Waals surface area contributed by atoms with Crippen molar-refractivity contribution in [2.45, 2.75) is 39.3 Å². The van der Waals surface area contributed by atoms with E-state index in [9.17, 15) is 19.2 Å². The van der Waals surface area contributed by atoms with Gasteiger partial charge in [-0.25, -0.2) is 9.78 Å². The molecular formula is C27H33N7O5. The zero-order valence-electron chi connectivity index (χ0n) is 22.6. The second kappa shape index (κ2) is 13.2. The Morgan fingerprint density at radius 3 is 2.69 bits per heavy atom. The lowest BCUT2D eigenvalue weighted by atomic mass is 10.1. The highest BCUT2D eigenvalue weighted by Gasteiger charge is 2.22. The monoisotopic (exact) mass is 535 g/mol. The minimum atomic E-state index is -0.999. The number of ether oxygens (including phenoxy) is 1. The number of H-pyrrole nitrogens is 1. The van der Waals surface area contributed by atoms with Gasteiger partial charge in [-0.15, -0.1) is 0 Å². The molecule has 1 unspecified atom stereocenters. The first kappa shape index (κ1) is 28.8. The van der Waals surface area contributed by atoms with E-state index in [1.807, 2.05) is 26.0 Å². The molecule has 0 aromatic carbocycles. The van der Waals surface area contributed by atoms with Gasteiger partial charge in [-0.3, -0.25) is 19.4 Å². The molecule has 3 aromatic rings. The van der Waals surface area contributed by atoms with Crippen LogP contribution < -0.4 is 16.2 Å². The standard InChI is InChI=1S/C27H33N7O5/c1-17(2)15-21-24-18(12-13-28-21)29-22(32-24)16-34-14-8-10-20(26(34)37)30-25(36)19(31-27(38)39-5)9-6-7-11-23(35)33(3)4/h7-8,10-15,19H,6,9,16H2,1-5H3,(H,29,32)(H,30,36)(H,31,38)/b11-7+. The molecule has 0 bridgehead atoms. The molecule has 0 saturated heterocycles. The number of anilines is 1. The van der Waals surface area contributed by atoms with Gasteiger partial charge in [0.1, 0.15) is 23.1 Å². The number of nitrogens with zero attached hydrogens (tertiary/aromatic N) is 4. The predicted octanol–water partition coefficient (Wildman–Crippen LogP) is 2.68. The van der Waals surface area contributed by atoms with Gasteiger partial charge in [0.15, 0.2) is 0 Å². The lowest BCUT2D eigenvalue weighted by molar-refractivity contribution is -0.123. The molecule has 0 aliphatic rings. The van der Waals surface area contributed by atoms with Gasteiger partial charge in [-0.2, -0.15) is 0 Å². The second-order valence-electron chi connectivity index (χ2n) is 9.24. The predicted molar refractivity (Wildman–Crippen MR) is 148 cm³/mol. The van der Waals surface area contributed by atoms with Crippen molar-refractivity contribution in [3.63, 3.8) is 0 Å². The summed E-state index contributed by atoms with van der Waals surface area (Å²) in [6, 6.07) is 3.93. The molecular weight excluding hydrogens is 502 g/mol. The largest absolute Gasteiger partial charge is 0.453 e. The molecule has 0 radical (unpaired) electrons. The van der Waals surface area contributed by atoms with Crippen molar-refractivity contribution in [1.82, 2.24) is 29.7 Å². The van der Waals surface area contributed by atoms with Crippen LogP contribution in [-0.4, -0.2) is 69.6 Å². The van der Waals surface area contributed by atoms with E-state index in [2.05, 4.69) is 30.3 Å². The summed E-state index contributed by atoms with van der Waals surface area (Å²) >= 11 is 0. The summed E-state index contributed by atoms with van der Waals surface area (Å²) in [5.41, 5.74) is 2.90. The van der Waals surface area contributed by atoms with Crippen molar-refractivity contribution in [2.24, 2.45) is 0 Å². The lowest BCUT2D eigenvalue weighted by Gasteiger charge is -2.17. The first-order chi connectivity index (χ1) is 18.6. The molecule has 12 heteroatoms. The highest BCUT2D eigenvalue weighted by molar-refractivity contribution is 5.96. The van der Waals surface area contributed by atoms with Crippen LogP contribution in [0.1, 0.15) is 38.2 Å². The molecule has 0 saturated carbocycles. The number of hydrogen-bond donors (Lipinski definition) is 3. The Morgan fingerprint density at radius 1 is 1.23 bits per heavy atom. The lowest BCUT2D eigenvalue weighted by Crippen LogP contribution is -2.44. The van der Waals surface area contributed by atoms with Crippen LogP contribution in [0, 0.1) is 0 Å². The number of allylic oxidation sites excluding steroid dienone is 2. The van der Waals surface area contributed by atoms with Crippen LogP contribution in [0.5, 0.6) is 0 Å². The molecule has 3 amide bonds. The van der Waals surface area contributed by atoms with Gasteiger partial charge in [0, 0.05) is 26.5 Å². The number of imidazole rings is 1. The fourth-order valence-corrected chi connectivity index (χ4v) is 3.66. The molecule has 0 fully saturated rings. The number of alkyl carbamates (subject to hydrolysis) is 1. The summed E-state index contributed by atoms with van der Waals surface area (Å²) in [4.78, 5) is 63.3. The highest BCUT2D eigenvalue weighted by Crippen LogP contribution is 2.17. The SMILES string of the molecule is COC(=O)NC(CC/C=C/C(=O)N(C)C)C(=O)Nc1cccn(Cc2nc3c(C=C(C)C)nccc3[nH]2)c1=O. The van der Waals surface area contributed by atoms with E-state index in [1.54, 1.807) is 38.6 Å². The van der Waals surface area contributed by atoms with E-state index in [0.717, 1.165) is 16.8 Å². The minimum Gasteiger partial charge on any atom is -0.453 e. The molecule has 39 heavy (non-hydrogen) atoms. The number of pyridine rings is 2. The van der Waals surface area contributed by atoms with Crippen LogP contribution in [0.4, 0.5) is 10.5 Å². The van der Waals surface area contributed by atoms with Crippen molar-refractivity contribution in [2.75, 3.05) is 26.5 Å². The van der Waals surface area contributed by atoms with Gasteiger partial charge in [-0.05, 0) is 57.0 Å². The summed E-state index contributed by atoms with van der Waals surface area (Å²) in [7, 11) is 4.44. The molecule has 0 aliphatic carbocycles.